The van der Waals surface area contributed by atoms with Gasteiger partial charge in [-0.3, -0.25) is 0 Å². The zero-order valence-corrected chi connectivity index (χ0v) is 12.2. The molecule has 20 heavy (non-hydrogen) atoms. The summed E-state index contributed by atoms with van der Waals surface area (Å²) in [5.41, 5.74) is 0.853. The van der Waals surface area contributed by atoms with Crippen LogP contribution >= 0.6 is 0 Å². The molecule has 1 N–H and O–H groups in total. The lowest BCUT2D eigenvalue weighted by molar-refractivity contribution is -0.115. The summed E-state index contributed by atoms with van der Waals surface area (Å²) in [5, 5.41) is 18.7. The molecule has 5 heteroatoms. The van der Waals surface area contributed by atoms with Gasteiger partial charge in [0.25, 0.3) is 0 Å². The van der Waals surface area contributed by atoms with Crippen LogP contribution in [0.2, 0.25) is 0 Å². The predicted molar refractivity (Wildman–Crippen MR) is 76.6 cm³/mol. The molecule has 0 spiro atoms. The number of hydrogen-bond acceptors (Lipinski definition) is 4. The predicted octanol–water partition coefficient (Wildman–Crippen LogP) is 2.51. The van der Waals surface area contributed by atoms with Crippen molar-refractivity contribution in [3.63, 3.8) is 0 Å². The highest BCUT2D eigenvalue weighted by Crippen LogP contribution is 2.32. The van der Waals surface area contributed by atoms with E-state index in [9.17, 15) is 5.11 Å². The fourth-order valence-electron chi connectivity index (χ4n) is 2.22. The SMILES string of the molecule is CCOC(C)(CC)C(O)c1cnnn1-c1ccccc1. The molecule has 0 bridgehead atoms. The second-order valence-electron chi connectivity index (χ2n) is 4.91. The minimum absolute atomic E-state index is 0.550. The second kappa shape index (κ2) is 6.15. The molecule has 108 valence electrons. The van der Waals surface area contributed by atoms with Crippen molar-refractivity contribution in [2.45, 2.75) is 38.9 Å². The fourth-order valence-corrected chi connectivity index (χ4v) is 2.22. The molecule has 5 nitrogen and oxygen atoms in total. The zero-order chi connectivity index (χ0) is 14.6. The van der Waals surface area contributed by atoms with E-state index in [0.29, 0.717) is 18.7 Å². The van der Waals surface area contributed by atoms with Gasteiger partial charge in [-0.05, 0) is 32.4 Å². The van der Waals surface area contributed by atoms with Crippen LogP contribution in [0.1, 0.15) is 39.0 Å². The van der Waals surface area contributed by atoms with Gasteiger partial charge in [0.2, 0.25) is 0 Å². The van der Waals surface area contributed by atoms with Gasteiger partial charge in [0.05, 0.1) is 23.2 Å². The Kier molecular flexibility index (Phi) is 4.52. The van der Waals surface area contributed by atoms with Crippen molar-refractivity contribution in [3.8, 4) is 5.69 Å². The molecule has 0 aliphatic heterocycles. The van der Waals surface area contributed by atoms with Gasteiger partial charge in [0, 0.05) is 6.61 Å². The highest BCUT2D eigenvalue weighted by molar-refractivity contribution is 5.32. The van der Waals surface area contributed by atoms with Gasteiger partial charge >= 0.3 is 0 Å². The van der Waals surface area contributed by atoms with Crippen LogP contribution in [0.25, 0.3) is 5.69 Å². The first-order chi connectivity index (χ1) is 9.62. The van der Waals surface area contributed by atoms with Crippen molar-refractivity contribution in [1.29, 1.82) is 0 Å². The minimum Gasteiger partial charge on any atom is -0.384 e. The van der Waals surface area contributed by atoms with E-state index in [1.165, 1.54) is 0 Å². The van der Waals surface area contributed by atoms with Gasteiger partial charge in [0.15, 0.2) is 0 Å². The first-order valence-corrected chi connectivity index (χ1v) is 6.90. The van der Waals surface area contributed by atoms with Gasteiger partial charge < -0.3 is 9.84 Å². The van der Waals surface area contributed by atoms with Crippen LogP contribution in [0.4, 0.5) is 0 Å². The summed E-state index contributed by atoms with van der Waals surface area (Å²) in [6.45, 7) is 6.38. The summed E-state index contributed by atoms with van der Waals surface area (Å²) in [6.07, 6.45) is 1.50. The van der Waals surface area contributed by atoms with Gasteiger partial charge in [0.1, 0.15) is 6.10 Å². The Morgan fingerprint density at radius 2 is 2.00 bits per heavy atom. The monoisotopic (exact) mass is 275 g/mol. The summed E-state index contributed by atoms with van der Waals surface area (Å²) in [7, 11) is 0. The smallest absolute Gasteiger partial charge is 0.126 e. The van der Waals surface area contributed by atoms with E-state index in [4.69, 9.17) is 4.74 Å². The minimum atomic E-state index is -0.789. The maximum absolute atomic E-state index is 10.7. The van der Waals surface area contributed by atoms with Crippen LogP contribution in [0.3, 0.4) is 0 Å². The third-order valence-electron chi connectivity index (χ3n) is 3.61. The maximum Gasteiger partial charge on any atom is 0.126 e. The summed E-state index contributed by atoms with van der Waals surface area (Å²) >= 11 is 0. The molecule has 0 aliphatic carbocycles. The fraction of sp³-hybridized carbons (Fsp3) is 0.467. The van der Waals surface area contributed by atoms with E-state index in [2.05, 4.69) is 10.3 Å². The number of ether oxygens (including phenoxy) is 1. The third-order valence-corrected chi connectivity index (χ3v) is 3.61. The molecule has 2 atom stereocenters. The number of aromatic nitrogens is 3. The molecule has 1 aromatic carbocycles. The quantitative estimate of drug-likeness (QED) is 0.880. The molecule has 0 radical (unpaired) electrons. The van der Waals surface area contributed by atoms with Gasteiger partial charge in [-0.15, -0.1) is 5.10 Å². The highest BCUT2D eigenvalue weighted by Gasteiger charge is 2.35. The molecule has 2 aromatic rings. The number of rotatable bonds is 6. The summed E-state index contributed by atoms with van der Waals surface area (Å²) < 4.78 is 7.39. The molecule has 0 fully saturated rings. The van der Waals surface area contributed by atoms with Crippen molar-refractivity contribution < 1.29 is 9.84 Å². The van der Waals surface area contributed by atoms with E-state index in [0.717, 1.165) is 5.69 Å². The average Bonchev–Trinajstić information content (AvgIpc) is 2.96. The van der Waals surface area contributed by atoms with Crippen molar-refractivity contribution >= 4 is 0 Å². The molecular weight excluding hydrogens is 254 g/mol. The molecule has 1 heterocycles. The normalized spacial score (nSPS) is 15.8. The molecule has 2 unspecified atom stereocenters. The van der Waals surface area contributed by atoms with Crippen molar-refractivity contribution in [2.75, 3.05) is 6.61 Å². The number of aliphatic hydroxyl groups excluding tert-OH is 1. The topological polar surface area (TPSA) is 60.2 Å². The third kappa shape index (κ3) is 2.73. The van der Waals surface area contributed by atoms with E-state index in [-0.39, 0.29) is 0 Å². The molecule has 0 aliphatic rings. The number of hydrogen-bond donors (Lipinski definition) is 1. The van der Waals surface area contributed by atoms with Crippen molar-refractivity contribution in [2.24, 2.45) is 0 Å². The van der Waals surface area contributed by atoms with Crippen molar-refractivity contribution in [3.05, 3.63) is 42.2 Å². The van der Waals surface area contributed by atoms with E-state index in [1.54, 1.807) is 10.9 Å². The van der Waals surface area contributed by atoms with Gasteiger partial charge in [-0.2, -0.15) is 0 Å². The molecule has 2 rings (SSSR count). The molecule has 0 saturated carbocycles. The Labute approximate surface area is 119 Å². The Hall–Kier alpha value is -1.72. The van der Waals surface area contributed by atoms with Crippen LogP contribution in [0, 0.1) is 0 Å². The van der Waals surface area contributed by atoms with Crippen molar-refractivity contribution in [1.82, 2.24) is 15.0 Å². The van der Waals surface area contributed by atoms with E-state index < -0.39 is 11.7 Å². The molecular formula is C15H21N3O2. The zero-order valence-electron chi connectivity index (χ0n) is 12.2. The molecule has 0 amide bonds. The first kappa shape index (κ1) is 14.7. The lowest BCUT2D eigenvalue weighted by atomic mass is 9.93. The largest absolute Gasteiger partial charge is 0.384 e. The Morgan fingerprint density at radius 3 is 2.60 bits per heavy atom. The second-order valence-corrected chi connectivity index (χ2v) is 4.91. The summed E-state index contributed by atoms with van der Waals surface area (Å²) in [6, 6.07) is 9.64. The Balaban J connectivity index is 2.37. The number of benzene rings is 1. The van der Waals surface area contributed by atoms with E-state index in [1.807, 2.05) is 51.1 Å². The Bertz CT molecular complexity index is 541. The average molecular weight is 275 g/mol. The van der Waals surface area contributed by atoms with Gasteiger partial charge in [-0.1, -0.05) is 30.3 Å². The van der Waals surface area contributed by atoms with Crippen LogP contribution in [0.15, 0.2) is 36.5 Å². The summed E-state index contributed by atoms with van der Waals surface area (Å²) in [5.74, 6) is 0. The van der Waals surface area contributed by atoms with Crippen LogP contribution in [-0.4, -0.2) is 32.3 Å². The van der Waals surface area contributed by atoms with Crippen LogP contribution < -0.4 is 0 Å². The Morgan fingerprint density at radius 1 is 1.30 bits per heavy atom. The summed E-state index contributed by atoms with van der Waals surface area (Å²) in [4.78, 5) is 0. The number of nitrogens with zero attached hydrogens (tertiary/aromatic N) is 3. The van der Waals surface area contributed by atoms with Crippen LogP contribution in [-0.2, 0) is 4.74 Å². The number of aliphatic hydroxyl groups is 1. The molecule has 0 saturated heterocycles. The lowest BCUT2D eigenvalue weighted by Crippen LogP contribution is -2.36. The highest BCUT2D eigenvalue weighted by atomic mass is 16.5. The lowest BCUT2D eigenvalue weighted by Gasteiger charge is -2.33. The molecule has 1 aromatic heterocycles. The van der Waals surface area contributed by atoms with Crippen LogP contribution in [0.5, 0.6) is 0 Å². The number of para-hydroxylation sites is 1. The standard InChI is InChI=1S/C15H21N3O2/c1-4-15(3,20-5-2)14(19)13-11-16-17-18(13)12-9-7-6-8-10-12/h6-11,14,19H,4-5H2,1-3H3. The first-order valence-electron chi connectivity index (χ1n) is 6.90. The van der Waals surface area contributed by atoms with Gasteiger partial charge in [-0.25, -0.2) is 4.68 Å². The maximum atomic E-state index is 10.7. The van der Waals surface area contributed by atoms with E-state index >= 15 is 0 Å².